The van der Waals surface area contributed by atoms with Crippen molar-refractivity contribution in [2.24, 2.45) is 5.73 Å². The van der Waals surface area contributed by atoms with Crippen molar-refractivity contribution in [3.63, 3.8) is 0 Å². The molecule has 0 aromatic heterocycles. The number of aliphatic hydroxyl groups is 1. The summed E-state index contributed by atoms with van der Waals surface area (Å²) in [5.41, 5.74) is 11.8. The molecule has 2 atom stereocenters. The van der Waals surface area contributed by atoms with E-state index in [-0.39, 0.29) is 12.6 Å². The lowest BCUT2D eigenvalue weighted by molar-refractivity contribution is 0.267. The zero-order valence-electron chi connectivity index (χ0n) is 10.3. The highest BCUT2D eigenvalue weighted by molar-refractivity contribution is 5.47. The molecule has 92 valence electrons. The average Bonchev–Trinajstić information content (AvgIpc) is 2.39. The van der Waals surface area contributed by atoms with E-state index in [4.69, 9.17) is 5.73 Å². The molecule has 2 aliphatic rings. The lowest BCUT2D eigenvalue weighted by Gasteiger charge is -2.34. The zero-order valence-corrected chi connectivity index (χ0v) is 10.3. The minimum absolute atomic E-state index is 0.0520. The standard InChI is InChI=1S/C15H21NO/c16-14(9-17)12-8-7-11-4-1-3-10-5-2-6-13(12)15(10)11/h7-8,10,14,17H,1-6,9,16H2. The molecule has 0 spiro atoms. The molecular weight excluding hydrogens is 210 g/mol. The van der Waals surface area contributed by atoms with Crippen molar-refractivity contribution in [3.05, 3.63) is 34.4 Å². The number of aliphatic hydroxyl groups excluding tert-OH is 1. The van der Waals surface area contributed by atoms with Crippen molar-refractivity contribution in [3.8, 4) is 0 Å². The van der Waals surface area contributed by atoms with Crippen LogP contribution in [0.3, 0.4) is 0 Å². The molecule has 3 N–H and O–H groups in total. The van der Waals surface area contributed by atoms with Gasteiger partial charge in [0, 0.05) is 0 Å². The molecule has 0 saturated heterocycles. The maximum absolute atomic E-state index is 9.27. The Hall–Kier alpha value is -0.860. The molecule has 0 radical (unpaired) electrons. The fourth-order valence-electron chi connectivity index (χ4n) is 3.68. The molecule has 2 nitrogen and oxygen atoms in total. The van der Waals surface area contributed by atoms with E-state index in [2.05, 4.69) is 12.1 Å². The van der Waals surface area contributed by atoms with Crippen molar-refractivity contribution in [1.29, 1.82) is 0 Å². The molecule has 1 aromatic carbocycles. The Kier molecular flexibility index (Phi) is 2.93. The van der Waals surface area contributed by atoms with Crippen LogP contribution in [-0.2, 0) is 12.8 Å². The van der Waals surface area contributed by atoms with Crippen molar-refractivity contribution in [1.82, 2.24) is 0 Å². The minimum atomic E-state index is -0.198. The third-order valence-corrected chi connectivity index (χ3v) is 4.47. The first-order valence-corrected chi connectivity index (χ1v) is 6.82. The maximum Gasteiger partial charge on any atom is 0.0624 e. The lowest BCUT2D eigenvalue weighted by atomic mass is 9.71. The summed E-state index contributed by atoms with van der Waals surface area (Å²) < 4.78 is 0. The van der Waals surface area contributed by atoms with Crippen LogP contribution in [0.4, 0.5) is 0 Å². The van der Waals surface area contributed by atoms with Gasteiger partial charge < -0.3 is 10.8 Å². The van der Waals surface area contributed by atoms with E-state index in [1.54, 1.807) is 11.1 Å². The summed E-state index contributed by atoms with van der Waals surface area (Å²) in [7, 11) is 0. The summed E-state index contributed by atoms with van der Waals surface area (Å²) in [5.74, 6) is 0.772. The van der Waals surface area contributed by atoms with Gasteiger partial charge >= 0.3 is 0 Å². The molecule has 3 rings (SSSR count). The fourth-order valence-corrected chi connectivity index (χ4v) is 3.68. The number of hydrogen-bond donors (Lipinski definition) is 2. The molecular formula is C15H21NO. The normalized spacial score (nSPS) is 24.2. The molecule has 2 heteroatoms. The summed E-state index contributed by atoms with van der Waals surface area (Å²) in [6.45, 7) is 0.0520. The van der Waals surface area contributed by atoms with Gasteiger partial charge in [-0.2, -0.15) is 0 Å². The summed E-state index contributed by atoms with van der Waals surface area (Å²) >= 11 is 0. The monoisotopic (exact) mass is 231 g/mol. The number of rotatable bonds is 2. The third-order valence-electron chi connectivity index (χ3n) is 4.47. The maximum atomic E-state index is 9.27. The van der Waals surface area contributed by atoms with Crippen LogP contribution < -0.4 is 5.73 Å². The van der Waals surface area contributed by atoms with Gasteiger partial charge in [-0.3, -0.25) is 0 Å². The highest BCUT2D eigenvalue weighted by Crippen LogP contribution is 2.43. The quantitative estimate of drug-likeness (QED) is 0.821. The molecule has 0 saturated carbocycles. The largest absolute Gasteiger partial charge is 0.394 e. The minimum Gasteiger partial charge on any atom is -0.394 e. The van der Waals surface area contributed by atoms with E-state index in [9.17, 15) is 5.11 Å². The van der Waals surface area contributed by atoms with Gasteiger partial charge in [-0.05, 0) is 66.7 Å². The van der Waals surface area contributed by atoms with Gasteiger partial charge in [-0.15, -0.1) is 0 Å². The first-order valence-electron chi connectivity index (χ1n) is 6.82. The molecule has 0 amide bonds. The van der Waals surface area contributed by atoms with Crippen LogP contribution in [0.1, 0.15) is 59.9 Å². The van der Waals surface area contributed by atoms with E-state index in [0.717, 1.165) is 12.3 Å². The summed E-state index contributed by atoms with van der Waals surface area (Å²) in [6, 6.07) is 4.21. The van der Waals surface area contributed by atoms with Gasteiger partial charge in [0.1, 0.15) is 0 Å². The molecule has 1 aromatic rings. The van der Waals surface area contributed by atoms with Crippen LogP contribution in [0.5, 0.6) is 0 Å². The van der Waals surface area contributed by atoms with E-state index < -0.39 is 0 Å². The lowest BCUT2D eigenvalue weighted by Crippen LogP contribution is -2.23. The second kappa shape index (κ2) is 4.43. The summed E-state index contributed by atoms with van der Waals surface area (Å²) in [4.78, 5) is 0. The number of hydrogen-bond acceptors (Lipinski definition) is 2. The molecule has 0 bridgehead atoms. The molecule has 0 aliphatic heterocycles. The molecule has 17 heavy (non-hydrogen) atoms. The van der Waals surface area contributed by atoms with Gasteiger partial charge in [-0.1, -0.05) is 12.1 Å². The van der Waals surface area contributed by atoms with E-state index >= 15 is 0 Å². The van der Waals surface area contributed by atoms with Gasteiger partial charge in [0.2, 0.25) is 0 Å². The Balaban J connectivity index is 2.13. The second-order valence-corrected chi connectivity index (χ2v) is 5.48. The van der Waals surface area contributed by atoms with Gasteiger partial charge in [0.25, 0.3) is 0 Å². The first-order chi connectivity index (χ1) is 8.31. The van der Waals surface area contributed by atoms with E-state index in [0.29, 0.717) is 0 Å². The van der Waals surface area contributed by atoms with Gasteiger partial charge in [0.05, 0.1) is 12.6 Å². The van der Waals surface area contributed by atoms with Crippen molar-refractivity contribution in [2.75, 3.05) is 6.61 Å². The Morgan fingerprint density at radius 2 is 2.00 bits per heavy atom. The number of benzene rings is 1. The Labute approximate surface area is 103 Å². The average molecular weight is 231 g/mol. The molecule has 0 fully saturated rings. The van der Waals surface area contributed by atoms with Crippen LogP contribution in [0.25, 0.3) is 0 Å². The highest BCUT2D eigenvalue weighted by atomic mass is 16.3. The molecule has 2 unspecified atom stereocenters. The van der Waals surface area contributed by atoms with Crippen molar-refractivity contribution < 1.29 is 5.11 Å². The zero-order chi connectivity index (χ0) is 11.8. The van der Waals surface area contributed by atoms with Crippen molar-refractivity contribution in [2.45, 2.75) is 50.5 Å². The Bertz CT molecular complexity index is 425. The number of nitrogens with two attached hydrogens (primary N) is 1. The first kappa shape index (κ1) is 11.2. The second-order valence-electron chi connectivity index (χ2n) is 5.48. The van der Waals surface area contributed by atoms with Crippen LogP contribution in [0, 0.1) is 0 Å². The van der Waals surface area contributed by atoms with Gasteiger partial charge in [0.15, 0.2) is 0 Å². The predicted molar refractivity (Wildman–Crippen MR) is 69.1 cm³/mol. The number of aryl methyl sites for hydroxylation is 1. The van der Waals surface area contributed by atoms with Gasteiger partial charge in [-0.25, -0.2) is 0 Å². The molecule has 2 aliphatic carbocycles. The topological polar surface area (TPSA) is 46.2 Å². The van der Waals surface area contributed by atoms with Crippen LogP contribution in [0.2, 0.25) is 0 Å². The highest BCUT2D eigenvalue weighted by Gasteiger charge is 2.28. The van der Waals surface area contributed by atoms with Crippen molar-refractivity contribution >= 4 is 0 Å². The van der Waals surface area contributed by atoms with E-state index in [1.165, 1.54) is 43.2 Å². The van der Waals surface area contributed by atoms with Crippen LogP contribution >= 0.6 is 0 Å². The molecule has 0 heterocycles. The SMILES string of the molecule is NC(CO)c1ccc2c3c1CCCC3CCC2. The smallest absolute Gasteiger partial charge is 0.0624 e. The predicted octanol–water partition coefficient (Wildman–Crippen LogP) is 2.43. The van der Waals surface area contributed by atoms with Crippen LogP contribution in [0.15, 0.2) is 12.1 Å². The Morgan fingerprint density at radius 3 is 2.76 bits per heavy atom. The van der Waals surface area contributed by atoms with E-state index in [1.807, 2.05) is 0 Å². The third kappa shape index (κ3) is 1.80. The summed E-state index contributed by atoms with van der Waals surface area (Å²) in [5, 5.41) is 9.27. The fraction of sp³-hybridized carbons (Fsp3) is 0.600. The summed E-state index contributed by atoms with van der Waals surface area (Å²) in [6.07, 6.45) is 7.70. The Morgan fingerprint density at radius 1 is 1.24 bits per heavy atom. The van der Waals surface area contributed by atoms with Crippen LogP contribution in [-0.4, -0.2) is 11.7 Å².